The zero-order valence-corrected chi connectivity index (χ0v) is 12.6. The molecule has 2 N–H and O–H groups in total. The lowest BCUT2D eigenvalue weighted by atomic mass is 10.1. The average molecular weight is 300 g/mol. The van der Waals surface area contributed by atoms with Crippen LogP contribution in [0.15, 0.2) is 64.8 Å². The van der Waals surface area contributed by atoms with E-state index in [0.717, 1.165) is 34.0 Å². The van der Waals surface area contributed by atoms with E-state index in [-0.39, 0.29) is 0 Å². The summed E-state index contributed by atoms with van der Waals surface area (Å²) in [6.45, 7) is 0. The number of nitrogens with one attached hydrogen (secondary N) is 2. The average Bonchev–Trinajstić information content (AvgIpc) is 3.21. The van der Waals surface area contributed by atoms with Gasteiger partial charge in [-0.3, -0.25) is 0 Å². The molecule has 1 saturated carbocycles. The molecule has 112 valence electrons. The van der Waals surface area contributed by atoms with Crippen molar-refractivity contribution < 1.29 is 0 Å². The van der Waals surface area contributed by atoms with E-state index in [2.05, 4.69) is 50.5 Å². The minimum Gasteiger partial charge on any atom is -0.338 e. The first kappa shape index (κ1) is 12.6. The molecule has 1 aliphatic carbocycles. The fourth-order valence-corrected chi connectivity index (χ4v) is 3.08. The molecule has 1 fully saturated rings. The summed E-state index contributed by atoms with van der Waals surface area (Å²) in [6, 6.07) is 18.8. The van der Waals surface area contributed by atoms with Gasteiger partial charge in [-0.2, -0.15) is 0 Å². The van der Waals surface area contributed by atoms with Crippen LogP contribution in [-0.2, 0) is 0 Å². The maximum absolute atomic E-state index is 4.34. The van der Waals surface area contributed by atoms with Crippen molar-refractivity contribution in [1.82, 2.24) is 9.97 Å². The molecule has 2 heterocycles. The van der Waals surface area contributed by atoms with Crippen LogP contribution in [0, 0.1) is 0 Å². The van der Waals surface area contributed by atoms with Gasteiger partial charge in [0.25, 0.3) is 0 Å². The molecule has 0 unspecified atom stereocenters. The van der Waals surface area contributed by atoms with E-state index in [1.54, 1.807) is 0 Å². The highest BCUT2D eigenvalue weighted by Gasteiger charge is 2.23. The topological polar surface area (TPSA) is 56.3 Å². The molecule has 0 saturated heterocycles. The second-order valence-corrected chi connectivity index (χ2v) is 6.22. The van der Waals surface area contributed by atoms with E-state index in [9.17, 15) is 0 Å². The van der Waals surface area contributed by atoms with Crippen LogP contribution < -0.4 is 0 Å². The van der Waals surface area contributed by atoms with E-state index >= 15 is 0 Å². The number of nitrogens with zero attached hydrogens (tertiary/aromatic N) is 2. The van der Waals surface area contributed by atoms with Crippen LogP contribution in [0.3, 0.4) is 0 Å². The molecule has 4 nitrogen and oxygen atoms in total. The number of H-pyrrole nitrogens is 2. The van der Waals surface area contributed by atoms with Crippen LogP contribution in [0.1, 0.15) is 24.3 Å². The summed E-state index contributed by atoms with van der Waals surface area (Å²) in [7, 11) is 0. The number of fused-ring (bicyclic) bond motifs is 2. The Kier molecular flexibility index (Phi) is 2.65. The van der Waals surface area contributed by atoms with E-state index in [1.807, 2.05) is 24.3 Å². The van der Waals surface area contributed by atoms with Crippen LogP contribution in [0.2, 0.25) is 0 Å². The molecule has 0 atom stereocenters. The zero-order chi connectivity index (χ0) is 15.2. The molecular weight excluding hydrogens is 284 g/mol. The Bertz CT molecular complexity index is 1000. The number of azo groups is 1. The van der Waals surface area contributed by atoms with Crippen molar-refractivity contribution in [2.75, 3.05) is 0 Å². The molecule has 0 spiro atoms. The van der Waals surface area contributed by atoms with Gasteiger partial charge in [-0.25, -0.2) is 0 Å². The summed E-state index contributed by atoms with van der Waals surface area (Å²) < 4.78 is 0. The fraction of sp³-hybridized carbons (Fsp3) is 0.158. The van der Waals surface area contributed by atoms with Crippen LogP contribution in [0.25, 0.3) is 21.8 Å². The molecule has 2 aromatic heterocycles. The molecule has 0 amide bonds. The van der Waals surface area contributed by atoms with Gasteiger partial charge in [0.1, 0.15) is 0 Å². The molecule has 2 aromatic carbocycles. The quantitative estimate of drug-likeness (QED) is 0.440. The number of benzene rings is 2. The zero-order valence-electron chi connectivity index (χ0n) is 12.6. The predicted molar refractivity (Wildman–Crippen MR) is 92.7 cm³/mol. The maximum Gasteiger partial charge on any atom is 0.153 e. The van der Waals surface area contributed by atoms with Gasteiger partial charge in [-0.15, -0.1) is 10.2 Å². The van der Waals surface area contributed by atoms with Crippen molar-refractivity contribution in [3.63, 3.8) is 0 Å². The number of hydrogen-bond donors (Lipinski definition) is 2. The van der Waals surface area contributed by atoms with Crippen molar-refractivity contribution >= 4 is 33.4 Å². The second kappa shape index (κ2) is 4.81. The third kappa shape index (κ3) is 2.32. The number of rotatable bonds is 3. The Morgan fingerprint density at radius 1 is 0.739 bits per heavy atom. The largest absolute Gasteiger partial charge is 0.338 e. The van der Waals surface area contributed by atoms with Crippen molar-refractivity contribution in [2.24, 2.45) is 10.2 Å². The highest BCUT2D eigenvalue weighted by molar-refractivity contribution is 5.84. The summed E-state index contributed by atoms with van der Waals surface area (Å²) in [5.41, 5.74) is 3.63. The molecule has 4 heteroatoms. The number of para-hydroxylation sites is 1. The third-order valence-electron chi connectivity index (χ3n) is 4.46. The Morgan fingerprint density at radius 2 is 1.43 bits per heavy atom. The van der Waals surface area contributed by atoms with Crippen molar-refractivity contribution in [3.05, 3.63) is 60.2 Å². The molecule has 23 heavy (non-hydrogen) atoms. The van der Waals surface area contributed by atoms with E-state index in [1.165, 1.54) is 23.8 Å². The predicted octanol–water partition coefficient (Wildman–Crippen LogP) is 5.94. The minimum atomic E-state index is 0.767. The standard InChI is InChI=1S/C19H16N4/c1-2-4-16-14(3-1)10-18(20-16)22-23-19-11-15-9-13(12-5-6-12)7-8-17(15)21-19/h1-4,7-12,20-21H,5-6H2. The van der Waals surface area contributed by atoms with Gasteiger partial charge in [-0.05, 0) is 54.7 Å². The van der Waals surface area contributed by atoms with Gasteiger partial charge < -0.3 is 9.97 Å². The molecule has 4 aromatic rings. The van der Waals surface area contributed by atoms with Crippen LogP contribution >= 0.6 is 0 Å². The molecule has 1 aliphatic rings. The van der Waals surface area contributed by atoms with Gasteiger partial charge in [-0.1, -0.05) is 24.3 Å². The summed E-state index contributed by atoms with van der Waals surface area (Å²) in [5.74, 6) is 2.32. The van der Waals surface area contributed by atoms with E-state index in [4.69, 9.17) is 0 Å². The van der Waals surface area contributed by atoms with Gasteiger partial charge in [0.15, 0.2) is 11.6 Å². The van der Waals surface area contributed by atoms with Gasteiger partial charge in [0, 0.05) is 21.8 Å². The van der Waals surface area contributed by atoms with Gasteiger partial charge >= 0.3 is 0 Å². The number of hydrogen-bond acceptors (Lipinski definition) is 2. The number of aromatic nitrogens is 2. The Hall–Kier alpha value is -2.88. The highest BCUT2D eigenvalue weighted by atomic mass is 15.2. The monoisotopic (exact) mass is 300 g/mol. The van der Waals surface area contributed by atoms with Gasteiger partial charge in [0.2, 0.25) is 0 Å². The van der Waals surface area contributed by atoms with Crippen molar-refractivity contribution in [3.8, 4) is 0 Å². The summed E-state index contributed by atoms with van der Waals surface area (Å²) in [6.07, 6.45) is 2.64. The van der Waals surface area contributed by atoms with Crippen LogP contribution in [0.4, 0.5) is 11.6 Å². The van der Waals surface area contributed by atoms with E-state index < -0.39 is 0 Å². The third-order valence-corrected chi connectivity index (χ3v) is 4.46. The van der Waals surface area contributed by atoms with E-state index in [0.29, 0.717) is 0 Å². The SMILES string of the molecule is c1ccc2[nH]c(N=Nc3cc4cc(C5CC5)ccc4[nH]3)cc2c1. The molecule has 0 radical (unpaired) electrons. The lowest BCUT2D eigenvalue weighted by Crippen LogP contribution is -1.77. The smallest absolute Gasteiger partial charge is 0.153 e. The summed E-state index contributed by atoms with van der Waals surface area (Å²) >= 11 is 0. The highest BCUT2D eigenvalue weighted by Crippen LogP contribution is 2.41. The first-order chi connectivity index (χ1) is 11.3. The second-order valence-electron chi connectivity index (χ2n) is 6.22. The summed E-state index contributed by atoms with van der Waals surface area (Å²) in [4.78, 5) is 6.57. The first-order valence-electron chi connectivity index (χ1n) is 7.97. The normalized spacial score (nSPS) is 15.1. The first-order valence-corrected chi connectivity index (χ1v) is 7.97. The van der Waals surface area contributed by atoms with Crippen LogP contribution in [-0.4, -0.2) is 9.97 Å². The van der Waals surface area contributed by atoms with Gasteiger partial charge in [0.05, 0.1) is 0 Å². The number of aromatic amines is 2. The Labute approximate surface area is 133 Å². The maximum atomic E-state index is 4.34. The minimum absolute atomic E-state index is 0.767. The molecule has 0 aliphatic heterocycles. The molecule has 0 bridgehead atoms. The van der Waals surface area contributed by atoms with Crippen molar-refractivity contribution in [2.45, 2.75) is 18.8 Å². The fourth-order valence-electron chi connectivity index (χ4n) is 3.08. The molecule has 5 rings (SSSR count). The Morgan fingerprint density at radius 3 is 2.17 bits per heavy atom. The summed E-state index contributed by atoms with van der Waals surface area (Å²) in [5, 5.41) is 11.0. The van der Waals surface area contributed by atoms with Crippen LogP contribution in [0.5, 0.6) is 0 Å². The van der Waals surface area contributed by atoms with Crippen molar-refractivity contribution in [1.29, 1.82) is 0 Å². The molecular formula is C19H16N4. The lowest BCUT2D eigenvalue weighted by Gasteiger charge is -1.96. The Balaban J connectivity index is 1.47. The lowest BCUT2D eigenvalue weighted by molar-refractivity contribution is 1.14.